The molecule has 33 heavy (non-hydrogen) atoms. The van der Waals surface area contributed by atoms with Crippen LogP contribution in [0.3, 0.4) is 0 Å². The fourth-order valence-corrected chi connectivity index (χ4v) is 10.1. The van der Waals surface area contributed by atoms with Crippen molar-refractivity contribution in [2.24, 2.45) is 58.7 Å². The van der Waals surface area contributed by atoms with Crippen LogP contribution in [0.4, 0.5) is 0 Å². The molecule has 0 bridgehead atoms. The Morgan fingerprint density at radius 2 is 1.82 bits per heavy atom. The summed E-state index contributed by atoms with van der Waals surface area (Å²) < 4.78 is 2.02. The molecule has 0 amide bonds. The first-order valence-corrected chi connectivity index (χ1v) is 13.9. The monoisotopic (exact) mass is 449 g/mol. The lowest BCUT2D eigenvalue weighted by atomic mass is 9.47. The van der Waals surface area contributed by atoms with E-state index in [4.69, 9.17) is 0 Å². The lowest BCUT2D eigenvalue weighted by Gasteiger charge is -2.58. The third kappa shape index (κ3) is 3.69. The fourth-order valence-electron chi connectivity index (χ4n) is 10.1. The van der Waals surface area contributed by atoms with Gasteiger partial charge in [-0.05, 0) is 130 Å². The van der Waals surface area contributed by atoms with Crippen molar-refractivity contribution in [2.45, 2.75) is 97.1 Å². The molecule has 10 atom stereocenters. The Kier molecular flexibility index (Phi) is 5.26. The second-order valence-corrected chi connectivity index (χ2v) is 13.5. The average molecular weight is 450 g/mol. The van der Waals surface area contributed by atoms with Gasteiger partial charge in [-0.2, -0.15) is 10.4 Å². The second-order valence-electron chi connectivity index (χ2n) is 13.5. The van der Waals surface area contributed by atoms with E-state index in [0.717, 1.165) is 66.7 Å². The highest BCUT2D eigenvalue weighted by Gasteiger charge is 2.63. The van der Waals surface area contributed by atoms with Crippen molar-refractivity contribution >= 4 is 0 Å². The van der Waals surface area contributed by atoms with E-state index in [9.17, 15) is 10.4 Å². The number of nitriles is 1. The van der Waals surface area contributed by atoms with Gasteiger partial charge in [0.05, 0.1) is 17.4 Å². The maximum Gasteiger partial charge on any atom is 0.102 e. The Hall–Kier alpha value is -1.34. The molecular formula is C29H43N3O. The number of hydrogen-bond donors (Lipinski definition) is 1. The minimum Gasteiger partial charge on any atom is -0.390 e. The van der Waals surface area contributed by atoms with E-state index in [1.807, 2.05) is 10.9 Å². The van der Waals surface area contributed by atoms with Crippen LogP contribution in [0.2, 0.25) is 0 Å². The molecule has 4 heteroatoms. The molecule has 4 nitrogen and oxygen atoms in total. The Balaban J connectivity index is 1.25. The molecule has 1 aromatic heterocycles. The van der Waals surface area contributed by atoms with Crippen molar-refractivity contribution in [3.63, 3.8) is 0 Å². The van der Waals surface area contributed by atoms with Crippen LogP contribution in [0, 0.1) is 70.0 Å². The molecule has 0 aromatic carbocycles. The van der Waals surface area contributed by atoms with E-state index in [-0.39, 0.29) is 0 Å². The minimum absolute atomic E-state index is 0.417. The molecule has 0 saturated heterocycles. The lowest BCUT2D eigenvalue weighted by molar-refractivity contribution is -0.110. The molecular weight excluding hydrogens is 406 g/mol. The van der Waals surface area contributed by atoms with Crippen molar-refractivity contribution < 1.29 is 5.11 Å². The highest BCUT2D eigenvalue weighted by Crippen LogP contribution is 2.70. The SMILES string of the molecule is C[C@@H](Cn1cc(C#N)cn1)[C@H]1C[C@@H](C2CC2)[C@H]2[C@@H]3CC[C@@H]4C[C@](C)(O)CC[C@@H]4[C@H]3CC[C@@]21C. The lowest BCUT2D eigenvalue weighted by Crippen LogP contribution is -2.52. The molecule has 6 rings (SSSR count). The Morgan fingerprint density at radius 1 is 1.06 bits per heavy atom. The number of fused-ring (bicyclic) bond motifs is 5. The first kappa shape index (κ1) is 22.1. The zero-order valence-electron chi connectivity index (χ0n) is 20.9. The smallest absolute Gasteiger partial charge is 0.102 e. The summed E-state index contributed by atoms with van der Waals surface area (Å²) in [5.41, 5.74) is 0.725. The third-order valence-electron chi connectivity index (χ3n) is 11.5. The average Bonchev–Trinajstić information content (AvgIpc) is 3.43. The maximum absolute atomic E-state index is 10.7. The highest BCUT2D eigenvalue weighted by molar-refractivity contribution is 5.21. The zero-order chi connectivity index (χ0) is 23.0. The summed E-state index contributed by atoms with van der Waals surface area (Å²) in [5, 5.41) is 24.4. The van der Waals surface area contributed by atoms with Gasteiger partial charge in [-0.25, -0.2) is 0 Å². The van der Waals surface area contributed by atoms with Gasteiger partial charge in [-0.15, -0.1) is 0 Å². The van der Waals surface area contributed by atoms with Gasteiger partial charge < -0.3 is 5.11 Å². The largest absolute Gasteiger partial charge is 0.390 e. The standard InChI is InChI=1S/C29H43N3O/c1-18(16-32-17-19(14-30)15-31-32)26-12-25(20-4-5-20)27-24-7-6-21-13-28(2,33)10-8-22(21)23(24)9-11-29(26,27)3/h15,17-18,20-27,33H,4-13,16H2,1-3H3/t18-,21+,22-,23+,24+,25-,26+,27+,28+,29+/m0/s1. The molecule has 1 heterocycles. The van der Waals surface area contributed by atoms with Crippen LogP contribution < -0.4 is 0 Å². The molecule has 5 aliphatic carbocycles. The van der Waals surface area contributed by atoms with Crippen LogP contribution in [0.15, 0.2) is 12.4 Å². The van der Waals surface area contributed by atoms with Crippen molar-refractivity contribution in [1.82, 2.24) is 9.78 Å². The van der Waals surface area contributed by atoms with Gasteiger partial charge in [0.15, 0.2) is 0 Å². The molecule has 1 aromatic rings. The normalized spacial score (nSPS) is 47.8. The van der Waals surface area contributed by atoms with E-state index in [0.29, 0.717) is 16.9 Å². The molecule has 0 radical (unpaired) electrons. The summed E-state index contributed by atoms with van der Waals surface area (Å²) in [5.74, 6) is 7.69. The summed E-state index contributed by atoms with van der Waals surface area (Å²) >= 11 is 0. The van der Waals surface area contributed by atoms with Crippen LogP contribution in [-0.2, 0) is 6.54 Å². The van der Waals surface area contributed by atoms with Crippen LogP contribution in [-0.4, -0.2) is 20.5 Å². The molecule has 0 aliphatic heterocycles. The Labute approximate surface area is 200 Å². The van der Waals surface area contributed by atoms with Crippen LogP contribution >= 0.6 is 0 Å². The zero-order valence-corrected chi connectivity index (χ0v) is 20.9. The van der Waals surface area contributed by atoms with Crippen molar-refractivity contribution in [1.29, 1.82) is 5.26 Å². The minimum atomic E-state index is -0.417. The topological polar surface area (TPSA) is 61.8 Å². The van der Waals surface area contributed by atoms with Gasteiger partial charge in [0, 0.05) is 12.7 Å². The van der Waals surface area contributed by atoms with Gasteiger partial charge in [0.25, 0.3) is 0 Å². The van der Waals surface area contributed by atoms with Crippen molar-refractivity contribution in [3.05, 3.63) is 18.0 Å². The number of aromatic nitrogens is 2. The van der Waals surface area contributed by atoms with Gasteiger partial charge in [-0.1, -0.05) is 13.8 Å². The molecule has 180 valence electrons. The van der Waals surface area contributed by atoms with Crippen molar-refractivity contribution in [2.75, 3.05) is 0 Å². The summed E-state index contributed by atoms with van der Waals surface area (Å²) in [4.78, 5) is 0. The predicted molar refractivity (Wildman–Crippen MR) is 129 cm³/mol. The first-order chi connectivity index (χ1) is 15.8. The van der Waals surface area contributed by atoms with E-state index in [2.05, 4.69) is 31.9 Å². The van der Waals surface area contributed by atoms with E-state index < -0.39 is 5.60 Å². The molecule has 5 saturated carbocycles. The summed E-state index contributed by atoms with van der Waals surface area (Å²) in [6.45, 7) is 8.17. The van der Waals surface area contributed by atoms with E-state index >= 15 is 0 Å². The summed E-state index contributed by atoms with van der Waals surface area (Å²) in [6.07, 6.45) is 16.9. The van der Waals surface area contributed by atoms with Gasteiger partial charge in [0.1, 0.15) is 6.07 Å². The molecule has 5 fully saturated rings. The molecule has 5 aliphatic rings. The summed E-state index contributed by atoms with van der Waals surface area (Å²) in [7, 11) is 0. The molecule has 1 N–H and O–H groups in total. The van der Waals surface area contributed by atoms with Gasteiger partial charge >= 0.3 is 0 Å². The third-order valence-corrected chi connectivity index (χ3v) is 11.5. The predicted octanol–water partition coefficient (Wildman–Crippen LogP) is 6.05. The number of aliphatic hydroxyl groups is 1. The maximum atomic E-state index is 10.7. The Bertz CT molecular complexity index is 926. The Morgan fingerprint density at radius 3 is 2.55 bits per heavy atom. The number of rotatable bonds is 4. The van der Waals surface area contributed by atoms with E-state index in [1.54, 1.807) is 6.20 Å². The number of hydrogen-bond acceptors (Lipinski definition) is 3. The van der Waals surface area contributed by atoms with Crippen LogP contribution in [0.25, 0.3) is 0 Å². The second kappa shape index (κ2) is 7.84. The molecule has 0 spiro atoms. The first-order valence-electron chi connectivity index (χ1n) is 13.9. The molecule has 0 unspecified atom stereocenters. The van der Waals surface area contributed by atoms with Gasteiger partial charge in [0.2, 0.25) is 0 Å². The van der Waals surface area contributed by atoms with Crippen LogP contribution in [0.1, 0.15) is 90.5 Å². The number of nitrogens with zero attached hydrogens (tertiary/aromatic N) is 3. The fraction of sp³-hybridized carbons (Fsp3) is 0.862. The summed E-state index contributed by atoms with van der Waals surface area (Å²) in [6, 6.07) is 2.23. The highest BCUT2D eigenvalue weighted by atomic mass is 16.3. The quantitative estimate of drug-likeness (QED) is 0.609. The van der Waals surface area contributed by atoms with Gasteiger partial charge in [-0.3, -0.25) is 4.68 Å². The van der Waals surface area contributed by atoms with Crippen LogP contribution in [0.5, 0.6) is 0 Å². The van der Waals surface area contributed by atoms with Crippen molar-refractivity contribution in [3.8, 4) is 6.07 Å². The van der Waals surface area contributed by atoms with E-state index in [1.165, 1.54) is 51.4 Å².